The quantitative estimate of drug-likeness (QED) is 0.805. The van der Waals surface area contributed by atoms with Crippen molar-refractivity contribution in [1.82, 2.24) is 9.55 Å². The Labute approximate surface area is 117 Å². The third-order valence-corrected chi connectivity index (χ3v) is 3.96. The largest absolute Gasteiger partial charge is 0.386 e. The fraction of sp³-hybridized carbons (Fsp3) is 0.143. The first-order valence-electron chi connectivity index (χ1n) is 6.02. The highest BCUT2D eigenvalue weighted by atomic mass is 32.1. The molecule has 0 aliphatic rings. The Morgan fingerprint density at radius 2 is 2.15 bits per heavy atom. The third-order valence-electron chi connectivity index (χ3n) is 3.07. The van der Waals surface area contributed by atoms with E-state index in [0.717, 1.165) is 0 Å². The van der Waals surface area contributed by atoms with E-state index in [9.17, 15) is 14.3 Å². The van der Waals surface area contributed by atoms with Gasteiger partial charge in [-0.15, -0.1) is 11.3 Å². The summed E-state index contributed by atoms with van der Waals surface area (Å²) in [6.45, 7) is -0.0272. The molecule has 3 aromatic rings. The minimum atomic E-state index is -1.09. The van der Waals surface area contributed by atoms with Crippen molar-refractivity contribution in [2.24, 2.45) is 0 Å². The van der Waals surface area contributed by atoms with Gasteiger partial charge in [0.1, 0.15) is 10.5 Å². The second kappa shape index (κ2) is 5.15. The molecule has 1 atom stereocenters. The molecular weight excluding hydrogens is 279 g/mol. The molecule has 102 valence electrons. The highest BCUT2D eigenvalue weighted by Crippen LogP contribution is 2.19. The first kappa shape index (κ1) is 13.0. The SMILES string of the molecule is O=c1c2sccc2ncn1CC(O)c1ccccc1F. The van der Waals surface area contributed by atoms with E-state index in [4.69, 9.17) is 0 Å². The Morgan fingerprint density at radius 3 is 2.95 bits per heavy atom. The molecule has 0 saturated heterocycles. The van der Waals surface area contributed by atoms with Crippen LogP contribution in [-0.2, 0) is 6.54 Å². The molecule has 0 amide bonds. The predicted molar refractivity (Wildman–Crippen MR) is 75.2 cm³/mol. The summed E-state index contributed by atoms with van der Waals surface area (Å²) in [5, 5.41) is 11.9. The van der Waals surface area contributed by atoms with Gasteiger partial charge in [0.15, 0.2) is 0 Å². The fourth-order valence-electron chi connectivity index (χ4n) is 2.04. The molecule has 0 fully saturated rings. The van der Waals surface area contributed by atoms with Crippen molar-refractivity contribution in [3.63, 3.8) is 0 Å². The van der Waals surface area contributed by atoms with Crippen molar-refractivity contribution < 1.29 is 9.50 Å². The van der Waals surface area contributed by atoms with Gasteiger partial charge < -0.3 is 5.11 Å². The van der Waals surface area contributed by atoms with Crippen molar-refractivity contribution in [2.75, 3.05) is 0 Å². The van der Waals surface area contributed by atoms with E-state index in [2.05, 4.69) is 4.98 Å². The van der Waals surface area contributed by atoms with Gasteiger partial charge in [-0.05, 0) is 17.5 Å². The predicted octanol–water partition coefficient (Wildman–Crippen LogP) is 2.33. The molecule has 0 aliphatic heterocycles. The van der Waals surface area contributed by atoms with Gasteiger partial charge in [0, 0.05) is 5.56 Å². The van der Waals surface area contributed by atoms with Gasteiger partial charge in [-0.1, -0.05) is 18.2 Å². The Balaban J connectivity index is 1.95. The van der Waals surface area contributed by atoms with Gasteiger partial charge in [0.05, 0.1) is 24.5 Å². The highest BCUT2D eigenvalue weighted by Gasteiger charge is 2.14. The maximum Gasteiger partial charge on any atom is 0.271 e. The van der Waals surface area contributed by atoms with Crippen LogP contribution >= 0.6 is 11.3 Å². The van der Waals surface area contributed by atoms with Crippen molar-refractivity contribution in [3.8, 4) is 0 Å². The maximum absolute atomic E-state index is 13.6. The lowest BCUT2D eigenvalue weighted by molar-refractivity contribution is 0.150. The molecule has 20 heavy (non-hydrogen) atoms. The molecule has 2 heterocycles. The van der Waals surface area contributed by atoms with Crippen molar-refractivity contribution in [1.29, 1.82) is 0 Å². The highest BCUT2D eigenvalue weighted by molar-refractivity contribution is 7.17. The lowest BCUT2D eigenvalue weighted by Gasteiger charge is -2.13. The average Bonchev–Trinajstić information content (AvgIpc) is 2.91. The summed E-state index contributed by atoms with van der Waals surface area (Å²) >= 11 is 1.30. The molecule has 2 aromatic heterocycles. The number of benzene rings is 1. The second-order valence-electron chi connectivity index (χ2n) is 4.37. The van der Waals surface area contributed by atoms with Crippen LogP contribution in [-0.4, -0.2) is 14.7 Å². The van der Waals surface area contributed by atoms with Crippen LogP contribution in [0.5, 0.6) is 0 Å². The molecule has 0 saturated carbocycles. The number of hydrogen-bond acceptors (Lipinski definition) is 4. The molecule has 0 radical (unpaired) electrons. The summed E-state index contributed by atoms with van der Waals surface area (Å²) in [5.41, 5.74) is 0.586. The van der Waals surface area contributed by atoms with Crippen LogP contribution in [0.1, 0.15) is 11.7 Å². The Bertz CT molecular complexity index is 812. The van der Waals surface area contributed by atoms with E-state index in [1.165, 1.54) is 34.4 Å². The number of rotatable bonds is 3. The van der Waals surface area contributed by atoms with E-state index in [0.29, 0.717) is 10.2 Å². The number of halogens is 1. The molecular formula is C14H11FN2O2S. The fourth-order valence-corrected chi connectivity index (χ4v) is 2.83. The van der Waals surface area contributed by atoms with Crippen LogP contribution in [0.15, 0.2) is 46.8 Å². The van der Waals surface area contributed by atoms with E-state index in [1.807, 2.05) is 0 Å². The lowest BCUT2D eigenvalue weighted by atomic mass is 10.1. The monoisotopic (exact) mass is 290 g/mol. The summed E-state index contributed by atoms with van der Waals surface area (Å²) in [6, 6.07) is 7.74. The van der Waals surface area contributed by atoms with Crippen molar-refractivity contribution in [2.45, 2.75) is 12.6 Å². The number of fused-ring (bicyclic) bond motifs is 1. The lowest BCUT2D eigenvalue weighted by Crippen LogP contribution is -2.23. The van der Waals surface area contributed by atoms with Gasteiger partial charge in [0.2, 0.25) is 0 Å². The van der Waals surface area contributed by atoms with Crippen LogP contribution in [0.2, 0.25) is 0 Å². The van der Waals surface area contributed by atoms with E-state index in [1.54, 1.807) is 23.6 Å². The zero-order chi connectivity index (χ0) is 14.1. The molecule has 3 rings (SSSR count). The zero-order valence-electron chi connectivity index (χ0n) is 10.4. The number of thiophene rings is 1. The van der Waals surface area contributed by atoms with E-state index >= 15 is 0 Å². The minimum Gasteiger partial charge on any atom is -0.386 e. The minimum absolute atomic E-state index is 0.0272. The van der Waals surface area contributed by atoms with Crippen LogP contribution < -0.4 is 5.56 Å². The smallest absolute Gasteiger partial charge is 0.271 e. The molecule has 1 N–H and O–H groups in total. The summed E-state index contributed by atoms with van der Waals surface area (Å²) in [6.07, 6.45) is 0.287. The van der Waals surface area contributed by atoms with Crippen LogP contribution in [0, 0.1) is 5.82 Å². The summed E-state index contributed by atoms with van der Waals surface area (Å²) in [4.78, 5) is 16.3. The number of aliphatic hydroxyl groups excluding tert-OH is 1. The third kappa shape index (κ3) is 2.23. The van der Waals surface area contributed by atoms with Crippen molar-refractivity contribution >= 4 is 21.6 Å². The number of hydrogen-bond donors (Lipinski definition) is 1. The molecule has 1 unspecified atom stereocenters. The van der Waals surface area contributed by atoms with E-state index < -0.39 is 11.9 Å². The van der Waals surface area contributed by atoms with Crippen molar-refractivity contribution in [3.05, 3.63) is 63.8 Å². The van der Waals surface area contributed by atoms with Gasteiger partial charge in [-0.25, -0.2) is 9.37 Å². The van der Waals surface area contributed by atoms with Gasteiger partial charge in [-0.3, -0.25) is 9.36 Å². The number of aliphatic hydroxyl groups is 1. The number of aromatic nitrogens is 2. The second-order valence-corrected chi connectivity index (χ2v) is 5.29. The van der Waals surface area contributed by atoms with Gasteiger partial charge in [-0.2, -0.15) is 0 Å². The summed E-state index contributed by atoms with van der Waals surface area (Å²) in [7, 11) is 0. The molecule has 0 bridgehead atoms. The summed E-state index contributed by atoms with van der Waals surface area (Å²) < 4.78 is 15.4. The maximum atomic E-state index is 13.6. The topological polar surface area (TPSA) is 55.1 Å². The Hall–Kier alpha value is -2.05. The van der Waals surface area contributed by atoms with Gasteiger partial charge >= 0.3 is 0 Å². The molecule has 0 spiro atoms. The summed E-state index contributed by atoms with van der Waals surface area (Å²) in [5.74, 6) is -0.488. The van der Waals surface area contributed by atoms with Crippen LogP contribution in [0.4, 0.5) is 4.39 Å². The average molecular weight is 290 g/mol. The van der Waals surface area contributed by atoms with Gasteiger partial charge in [0.25, 0.3) is 5.56 Å². The molecule has 6 heteroatoms. The zero-order valence-corrected chi connectivity index (χ0v) is 11.2. The first-order valence-corrected chi connectivity index (χ1v) is 6.90. The Morgan fingerprint density at radius 1 is 1.35 bits per heavy atom. The molecule has 1 aromatic carbocycles. The standard InChI is InChI=1S/C14H11FN2O2S/c15-10-4-2-1-3-9(10)12(18)7-17-8-16-11-5-6-20-13(11)14(17)19/h1-6,8,12,18H,7H2. The Kier molecular flexibility index (Phi) is 3.33. The van der Waals surface area contributed by atoms with Crippen LogP contribution in [0.3, 0.4) is 0 Å². The number of nitrogens with zero attached hydrogens (tertiary/aromatic N) is 2. The normalized spacial score (nSPS) is 12.7. The first-order chi connectivity index (χ1) is 9.66. The van der Waals surface area contributed by atoms with Crippen LogP contribution in [0.25, 0.3) is 10.2 Å². The molecule has 4 nitrogen and oxygen atoms in total. The molecule has 0 aliphatic carbocycles. The van der Waals surface area contributed by atoms with E-state index in [-0.39, 0.29) is 17.7 Å².